The van der Waals surface area contributed by atoms with Gasteiger partial charge >= 0.3 is 5.69 Å². The van der Waals surface area contributed by atoms with Crippen molar-refractivity contribution in [3.63, 3.8) is 0 Å². The van der Waals surface area contributed by atoms with Crippen LogP contribution in [-0.4, -0.2) is 41.8 Å². The lowest BCUT2D eigenvalue weighted by atomic mass is 10.2. The summed E-state index contributed by atoms with van der Waals surface area (Å²) in [5.74, 6) is -0.791. The normalized spacial score (nSPS) is 10.8. The van der Waals surface area contributed by atoms with Crippen LogP contribution in [0.1, 0.15) is 16.1 Å². The summed E-state index contributed by atoms with van der Waals surface area (Å²) in [4.78, 5) is 37.3. The lowest BCUT2D eigenvalue weighted by Gasteiger charge is -2.07. The first-order valence-electron chi connectivity index (χ1n) is 7.51. The summed E-state index contributed by atoms with van der Waals surface area (Å²) in [5.41, 5.74) is 5.89. The summed E-state index contributed by atoms with van der Waals surface area (Å²) in [7, 11) is 0. The Morgan fingerprint density at radius 2 is 2.04 bits per heavy atom. The van der Waals surface area contributed by atoms with Crippen LogP contribution >= 0.6 is 0 Å². The maximum atomic E-state index is 12.3. The molecule has 0 atom stereocenters. The topological polar surface area (TPSA) is 163 Å². The van der Waals surface area contributed by atoms with Crippen LogP contribution < -0.4 is 16.7 Å². The Balaban J connectivity index is 1.66. The van der Waals surface area contributed by atoms with Gasteiger partial charge in [0.05, 0.1) is 6.54 Å². The molecular weight excluding hydrogens is 344 g/mol. The second kappa shape index (κ2) is 6.96. The Bertz CT molecular complexity index is 1020. The molecule has 134 valence electrons. The average Bonchev–Trinajstić information content (AvgIpc) is 3.03. The van der Waals surface area contributed by atoms with Gasteiger partial charge in [0.25, 0.3) is 5.91 Å². The molecule has 12 heteroatoms. The monoisotopic (exact) mass is 358 g/mol. The zero-order valence-electron chi connectivity index (χ0n) is 13.4. The van der Waals surface area contributed by atoms with Crippen LogP contribution in [0.3, 0.4) is 0 Å². The number of anilines is 1. The number of fused-ring (bicyclic) bond motifs is 1. The number of amides is 1. The predicted octanol–water partition coefficient (Wildman–Crippen LogP) is -0.726. The zero-order valence-corrected chi connectivity index (χ0v) is 13.4. The number of nitro groups is 1. The number of benzene rings is 1. The molecule has 0 saturated heterocycles. The molecule has 0 aliphatic carbocycles. The number of primary amides is 1. The molecule has 0 fully saturated rings. The van der Waals surface area contributed by atoms with Gasteiger partial charge in [0.2, 0.25) is 6.54 Å². The molecule has 0 aliphatic rings. The molecule has 3 rings (SSSR count). The van der Waals surface area contributed by atoms with Crippen LogP contribution in [0.15, 0.2) is 35.4 Å². The largest absolute Gasteiger partial charge is 0.383 e. The zero-order chi connectivity index (χ0) is 18.7. The maximum absolute atomic E-state index is 12.3. The van der Waals surface area contributed by atoms with E-state index in [1.807, 2.05) is 0 Å². The van der Waals surface area contributed by atoms with Crippen molar-refractivity contribution in [2.45, 2.75) is 13.1 Å². The van der Waals surface area contributed by atoms with Crippen molar-refractivity contribution in [2.75, 3.05) is 11.9 Å². The number of carbonyl (C=O) groups excluding carboxylic acids is 1. The van der Waals surface area contributed by atoms with Crippen LogP contribution in [0.25, 0.3) is 5.65 Å². The minimum atomic E-state index is -0.791. The summed E-state index contributed by atoms with van der Waals surface area (Å²) in [6.45, 7) is 0.345. The molecule has 0 aliphatic heterocycles. The molecule has 0 radical (unpaired) electrons. The molecule has 1 amide bonds. The Hall–Kier alpha value is -3.83. The van der Waals surface area contributed by atoms with E-state index in [0.717, 1.165) is 14.8 Å². The molecule has 12 nitrogen and oxygen atoms in total. The van der Waals surface area contributed by atoms with Crippen molar-refractivity contribution in [3.05, 3.63) is 62.4 Å². The number of aromatic nitrogens is 5. The maximum Gasteiger partial charge on any atom is 0.353 e. The summed E-state index contributed by atoms with van der Waals surface area (Å²) >= 11 is 0. The van der Waals surface area contributed by atoms with Crippen molar-refractivity contribution in [1.29, 1.82) is 0 Å². The van der Waals surface area contributed by atoms with E-state index in [1.54, 1.807) is 24.3 Å². The van der Waals surface area contributed by atoms with Gasteiger partial charge in [-0.25, -0.2) is 14.2 Å². The highest BCUT2D eigenvalue weighted by Gasteiger charge is 2.14. The third-order valence-electron chi connectivity index (χ3n) is 3.57. The molecule has 0 saturated carbocycles. The summed E-state index contributed by atoms with van der Waals surface area (Å²) < 4.78 is 2.22. The van der Waals surface area contributed by atoms with Gasteiger partial charge in [0.15, 0.2) is 11.3 Å². The summed E-state index contributed by atoms with van der Waals surface area (Å²) in [6.07, 6.45) is 1.17. The lowest BCUT2D eigenvalue weighted by Crippen LogP contribution is -2.32. The van der Waals surface area contributed by atoms with Gasteiger partial charge in [-0.05, 0) is 12.1 Å². The second-order valence-electron chi connectivity index (χ2n) is 5.36. The highest BCUT2D eigenvalue weighted by molar-refractivity contribution is 5.96. The van der Waals surface area contributed by atoms with Crippen molar-refractivity contribution >= 4 is 17.2 Å². The van der Waals surface area contributed by atoms with E-state index in [1.165, 1.54) is 6.33 Å². The summed E-state index contributed by atoms with van der Waals surface area (Å²) in [5, 5.41) is 21.1. The Morgan fingerprint density at radius 3 is 2.69 bits per heavy atom. The van der Waals surface area contributed by atoms with E-state index in [2.05, 4.69) is 20.6 Å². The second-order valence-corrected chi connectivity index (χ2v) is 5.36. The third kappa shape index (κ3) is 3.48. The van der Waals surface area contributed by atoms with E-state index in [9.17, 15) is 19.7 Å². The number of nitrogens with two attached hydrogens (primary N) is 1. The average molecular weight is 358 g/mol. The number of nitrogens with one attached hydrogen (secondary N) is 1. The number of hydrogen-bond donors (Lipinski definition) is 2. The van der Waals surface area contributed by atoms with Gasteiger partial charge in [-0.3, -0.25) is 14.9 Å². The molecule has 1 aromatic carbocycles. The van der Waals surface area contributed by atoms with Crippen LogP contribution in [0.4, 0.5) is 5.69 Å². The molecule has 0 spiro atoms. The number of carbonyl (C=O) groups is 1. The van der Waals surface area contributed by atoms with Crippen LogP contribution in [-0.2, 0) is 13.1 Å². The van der Waals surface area contributed by atoms with E-state index < -0.39 is 16.5 Å². The predicted molar refractivity (Wildman–Crippen MR) is 89.2 cm³/mol. The first-order chi connectivity index (χ1) is 12.5. The molecule has 0 unspecified atom stereocenters. The lowest BCUT2D eigenvalue weighted by molar-refractivity contribution is -0.496. The van der Waals surface area contributed by atoms with Crippen molar-refractivity contribution in [2.24, 2.45) is 5.73 Å². The molecule has 2 heterocycles. The Morgan fingerprint density at radius 1 is 1.31 bits per heavy atom. The van der Waals surface area contributed by atoms with Gasteiger partial charge in [0.1, 0.15) is 6.33 Å². The molecule has 0 bridgehead atoms. The number of nitrogens with zero attached hydrogens (tertiary/aromatic N) is 6. The van der Waals surface area contributed by atoms with Crippen molar-refractivity contribution in [1.82, 2.24) is 24.4 Å². The van der Waals surface area contributed by atoms with E-state index in [0.29, 0.717) is 12.1 Å². The smallest absolute Gasteiger partial charge is 0.353 e. The van der Waals surface area contributed by atoms with Crippen LogP contribution in [0, 0.1) is 10.1 Å². The van der Waals surface area contributed by atoms with E-state index >= 15 is 0 Å². The Kier molecular flexibility index (Phi) is 4.55. The molecule has 3 aromatic rings. The van der Waals surface area contributed by atoms with Crippen LogP contribution in [0.2, 0.25) is 0 Å². The highest BCUT2D eigenvalue weighted by Crippen LogP contribution is 2.10. The number of hydrogen-bond acceptors (Lipinski definition) is 8. The first kappa shape index (κ1) is 17.0. The van der Waals surface area contributed by atoms with Gasteiger partial charge in [-0.15, -0.1) is 5.10 Å². The van der Waals surface area contributed by atoms with Gasteiger partial charge in [0, 0.05) is 22.7 Å². The number of imidazole rings is 1. The Labute approximate surface area is 145 Å². The molecular formula is C14H14N8O4. The quantitative estimate of drug-likeness (QED) is 0.412. The van der Waals surface area contributed by atoms with Gasteiger partial charge in [-0.1, -0.05) is 17.3 Å². The van der Waals surface area contributed by atoms with E-state index in [4.69, 9.17) is 5.73 Å². The summed E-state index contributed by atoms with van der Waals surface area (Å²) in [6, 6.07) is 6.73. The van der Waals surface area contributed by atoms with Crippen molar-refractivity contribution < 1.29 is 9.72 Å². The fourth-order valence-electron chi connectivity index (χ4n) is 2.33. The van der Waals surface area contributed by atoms with Gasteiger partial charge in [-0.2, -0.15) is 4.68 Å². The first-order valence-corrected chi connectivity index (χ1v) is 7.51. The minimum absolute atomic E-state index is 0.00749. The minimum Gasteiger partial charge on any atom is -0.383 e. The molecule has 3 N–H and O–H groups in total. The molecule has 26 heavy (non-hydrogen) atoms. The van der Waals surface area contributed by atoms with Gasteiger partial charge < -0.3 is 11.1 Å². The van der Waals surface area contributed by atoms with Crippen LogP contribution in [0.5, 0.6) is 0 Å². The molecule has 2 aromatic heterocycles. The SMILES string of the molecule is NC(=O)c1ncn2c(=O)n(CCNc3ccc(C[N+](=O)[O-])cc3)nnc12. The van der Waals surface area contributed by atoms with E-state index in [-0.39, 0.29) is 24.4 Å². The third-order valence-corrected chi connectivity index (χ3v) is 3.57. The fourth-order valence-corrected chi connectivity index (χ4v) is 2.33. The number of rotatable bonds is 7. The fraction of sp³-hybridized carbons (Fsp3) is 0.214. The highest BCUT2D eigenvalue weighted by atomic mass is 16.6. The van der Waals surface area contributed by atoms with Crippen molar-refractivity contribution in [3.8, 4) is 0 Å². The standard InChI is InChI=1S/C14H14N8O4/c15-12(23)11-13-18-19-21(14(24)20(13)8-17-11)6-5-16-10-3-1-9(2-4-10)7-22(25)26/h1-4,8,16H,5-7H2,(H2,15,23).